The van der Waals surface area contributed by atoms with Crippen molar-refractivity contribution in [3.05, 3.63) is 24.4 Å². The molecule has 0 N–H and O–H groups in total. The van der Waals surface area contributed by atoms with E-state index < -0.39 is 5.97 Å². The molecule has 74 valence electrons. The fourth-order valence-corrected chi connectivity index (χ4v) is 0.966. The Balaban J connectivity index is 2.35. The maximum absolute atomic E-state index is 10.7. The Morgan fingerprint density at radius 2 is 2.47 bits per heavy atom. The van der Waals surface area contributed by atoms with Gasteiger partial charge in [0.25, 0.3) is 0 Å². The third kappa shape index (κ3) is 1.91. The van der Waals surface area contributed by atoms with Crippen molar-refractivity contribution in [1.29, 1.82) is 0 Å². The van der Waals surface area contributed by atoms with Gasteiger partial charge >= 0.3 is 5.97 Å². The van der Waals surface area contributed by atoms with Crippen LogP contribution in [0.15, 0.2) is 18.7 Å². The smallest absolute Gasteiger partial charge is 0.384 e. The zero-order valence-corrected chi connectivity index (χ0v) is 7.84. The van der Waals surface area contributed by atoms with Gasteiger partial charge < -0.3 is 4.74 Å². The third-order valence-corrected chi connectivity index (χ3v) is 1.66. The van der Waals surface area contributed by atoms with Gasteiger partial charge in [-0.15, -0.1) is 10.2 Å². The summed E-state index contributed by atoms with van der Waals surface area (Å²) in [4.78, 5) is 14.7. The van der Waals surface area contributed by atoms with Gasteiger partial charge in [-0.3, -0.25) is 4.40 Å². The Kier molecular flexibility index (Phi) is 2.29. The highest BCUT2D eigenvalue weighted by molar-refractivity contribution is 5.88. The molecule has 15 heavy (non-hydrogen) atoms. The van der Waals surface area contributed by atoms with E-state index in [9.17, 15) is 4.79 Å². The number of hydrogen-bond donors (Lipinski definition) is 0. The number of aromatic nitrogens is 4. The van der Waals surface area contributed by atoms with Crippen LogP contribution in [0.2, 0.25) is 0 Å². The van der Waals surface area contributed by atoms with Crippen molar-refractivity contribution in [2.45, 2.75) is 0 Å². The monoisotopic (exact) mass is 202 g/mol. The van der Waals surface area contributed by atoms with E-state index in [1.54, 1.807) is 10.6 Å². The molecule has 6 nitrogen and oxygen atoms in total. The Morgan fingerprint density at radius 1 is 1.60 bits per heavy atom. The van der Waals surface area contributed by atoms with Crippen LogP contribution in [-0.2, 0) is 9.53 Å². The first-order chi connectivity index (χ1) is 7.29. The first-order valence-electron chi connectivity index (χ1n) is 4.05. The van der Waals surface area contributed by atoms with Crippen molar-refractivity contribution in [3.8, 4) is 11.8 Å². The topological polar surface area (TPSA) is 69.4 Å². The number of esters is 1. The molecule has 0 bridgehead atoms. The molecule has 0 aliphatic heterocycles. The zero-order chi connectivity index (χ0) is 10.7. The average Bonchev–Trinajstić information content (AvgIpc) is 2.72. The van der Waals surface area contributed by atoms with E-state index in [-0.39, 0.29) is 0 Å². The summed E-state index contributed by atoms with van der Waals surface area (Å²) >= 11 is 0. The molecular formula is C9H6N4O2. The first-order valence-corrected chi connectivity index (χ1v) is 4.05. The van der Waals surface area contributed by atoms with Gasteiger partial charge in [0.15, 0.2) is 5.65 Å². The van der Waals surface area contributed by atoms with Crippen molar-refractivity contribution < 1.29 is 9.53 Å². The first kappa shape index (κ1) is 9.15. The van der Waals surface area contributed by atoms with E-state index in [1.807, 2.05) is 0 Å². The lowest BCUT2D eigenvalue weighted by Crippen LogP contribution is -1.95. The van der Waals surface area contributed by atoms with Crippen molar-refractivity contribution in [2.75, 3.05) is 7.11 Å². The molecule has 0 aromatic carbocycles. The molecule has 0 aliphatic carbocycles. The molecule has 0 aliphatic rings. The molecule has 2 rings (SSSR count). The summed E-state index contributed by atoms with van der Waals surface area (Å²) in [5.74, 6) is 4.25. The normalized spacial score (nSPS) is 9.40. The number of ether oxygens (including phenoxy) is 1. The van der Waals surface area contributed by atoms with Crippen LogP contribution in [0.5, 0.6) is 0 Å². The van der Waals surface area contributed by atoms with Crippen LogP contribution in [0, 0.1) is 11.8 Å². The number of nitrogens with zero attached hydrogens (tertiary/aromatic N) is 4. The van der Waals surface area contributed by atoms with E-state index >= 15 is 0 Å². The van der Waals surface area contributed by atoms with Gasteiger partial charge in [0.05, 0.1) is 13.3 Å². The largest absolute Gasteiger partial charge is 0.459 e. The molecular weight excluding hydrogens is 196 g/mol. The summed E-state index contributed by atoms with van der Waals surface area (Å²) in [6.45, 7) is 0. The van der Waals surface area contributed by atoms with Gasteiger partial charge in [0.2, 0.25) is 0 Å². The minimum Gasteiger partial charge on any atom is -0.459 e. The van der Waals surface area contributed by atoms with Crippen molar-refractivity contribution in [2.24, 2.45) is 0 Å². The molecule has 0 amide bonds. The van der Waals surface area contributed by atoms with Crippen LogP contribution in [0.25, 0.3) is 5.65 Å². The quantitative estimate of drug-likeness (QED) is 0.431. The molecule has 0 unspecified atom stereocenters. The second-order valence-electron chi connectivity index (χ2n) is 2.61. The highest BCUT2D eigenvalue weighted by Crippen LogP contribution is 1.97. The summed E-state index contributed by atoms with van der Waals surface area (Å²) < 4.78 is 6.03. The number of methoxy groups -OCH3 is 1. The SMILES string of the molecule is COC(=O)C#Cc1cn2cnnc2cn1. The summed E-state index contributed by atoms with van der Waals surface area (Å²) in [6.07, 6.45) is 4.68. The van der Waals surface area contributed by atoms with Gasteiger partial charge in [-0.05, 0) is 5.92 Å². The number of fused-ring (bicyclic) bond motifs is 1. The predicted molar refractivity (Wildman–Crippen MR) is 49.7 cm³/mol. The fourth-order valence-electron chi connectivity index (χ4n) is 0.966. The Labute approximate surface area is 84.9 Å². The van der Waals surface area contributed by atoms with Crippen LogP contribution in [0.1, 0.15) is 5.69 Å². The lowest BCUT2D eigenvalue weighted by atomic mass is 10.4. The molecule has 6 heteroatoms. The maximum Gasteiger partial charge on any atom is 0.384 e. The summed E-state index contributed by atoms with van der Waals surface area (Å²) in [7, 11) is 1.27. The van der Waals surface area contributed by atoms with Crippen LogP contribution < -0.4 is 0 Å². The molecule has 0 atom stereocenters. The second-order valence-corrected chi connectivity index (χ2v) is 2.61. The summed E-state index contributed by atoms with van der Waals surface area (Å²) in [5.41, 5.74) is 1.08. The van der Waals surface area contributed by atoms with E-state index in [2.05, 4.69) is 31.8 Å². The molecule has 0 radical (unpaired) electrons. The Morgan fingerprint density at radius 3 is 3.27 bits per heavy atom. The molecule has 2 aromatic rings. The highest BCUT2D eigenvalue weighted by Gasteiger charge is 1.96. The van der Waals surface area contributed by atoms with Gasteiger partial charge in [-0.1, -0.05) is 0 Å². The van der Waals surface area contributed by atoms with E-state index in [1.165, 1.54) is 19.6 Å². The minimum atomic E-state index is -0.597. The average molecular weight is 202 g/mol. The third-order valence-electron chi connectivity index (χ3n) is 1.66. The number of rotatable bonds is 0. The van der Waals surface area contributed by atoms with Crippen molar-refractivity contribution >= 4 is 11.6 Å². The van der Waals surface area contributed by atoms with Crippen LogP contribution in [0.3, 0.4) is 0 Å². The molecule has 2 heterocycles. The Bertz CT molecular complexity index is 564. The standard InChI is InChI=1S/C9H6N4O2/c1-15-9(14)3-2-7-5-13-6-11-12-8(13)4-10-7/h4-6H,1H3. The van der Waals surface area contributed by atoms with Crippen LogP contribution in [-0.4, -0.2) is 32.7 Å². The number of carbonyl (C=O) groups is 1. The van der Waals surface area contributed by atoms with Gasteiger partial charge in [0, 0.05) is 12.1 Å². The number of carbonyl (C=O) groups excluding carboxylic acids is 1. The van der Waals surface area contributed by atoms with Crippen molar-refractivity contribution in [1.82, 2.24) is 19.6 Å². The van der Waals surface area contributed by atoms with Crippen molar-refractivity contribution in [3.63, 3.8) is 0 Å². The van der Waals surface area contributed by atoms with Crippen LogP contribution in [0.4, 0.5) is 0 Å². The summed E-state index contributed by atoms with van der Waals surface area (Å²) in [6, 6.07) is 0. The lowest BCUT2D eigenvalue weighted by Gasteiger charge is -1.91. The van der Waals surface area contributed by atoms with Gasteiger partial charge in [-0.2, -0.15) is 0 Å². The molecule has 0 spiro atoms. The zero-order valence-electron chi connectivity index (χ0n) is 7.84. The second kappa shape index (κ2) is 3.75. The van der Waals surface area contributed by atoms with E-state index in [4.69, 9.17) is 0 Å². The predicted octanol–water partition coefficient (Wildman–Crippen LogP) is -0.351. The molecule has 0 fully saturated rings. The maximum atomic E-state index is 10.7. The minimum absolute atomic E-state index is 0.452. The summed E-state index contributed by atoms with van der Waals surface area (Å²) in [5, 5.41) is 7.47. The van der Waals surface area contributed by atoms with Crippen LogP contribution >= 0.6 is 0 Å². The molecule has 0 saturated carbocycles. The Hall–Kier alpha value is -2.42. The van der Waals surface area contributed by atoms with Gasteiger partial charge in [-0.25, -0.2) is 9.78 Å². The number of hydrogen-bond acceptors (Lipinski definition) is 5. The highest BCUT2D eigenvalue weighted by atomic mass is 16.5. The molecule has 0 saturated heterocycles. The van der Waals surface area contributed by atoms with Gasteiger partial charge in [0.1, 0.15) is 12.0 Å². The van der Waals surface area contributed by atoms with E-state index in [0.717, 1.165) is 0 Å². The fraction of sp³-hybridized carbons (Fsp3) is 0.111. The molecule has 2 aromatic heterocycles. The van der Waals surface area contributed by atoms with E-state index in [0.29, 0.717) is 11.3 Å². The lowest BCUT2D eigenvalue weighted by molar-refractivity contribution is -0.133.